The van der Waals surface area contributed by atoms with Gasteiger partial charge in [0.2, 0.25) is 5.91 Å². The maximum Gasteiger partial charge on any atom is 0.227 e. The van der Waals surface area contributed by atoms with Crippen LogP contribution >= 0.6 is 11.3 Å². The van der Waals surface area contributed by atoms with Gasteiger partial charge in [-0.1, -0.05) is 18.2 Å². The van der Waals surface area contributed by atoms with Crippen LogP contribution in [-0.4, -0.2) is 17.5 Å². The molecule has 1 unspecified atom stereocenters. The molecular weight excluding hydrogens is 272 g/mol. The molecule has 104 valence electrons. The number of benzene rings is 1. The average molecular weight is 288 g/mol. The van der Waals surface area contributed by atoms with Crippen molar-refractivity contribution in [2.45, 2.75) is 19.9 Å². The molecule has 0 radical (unpaired) electrons. The SMILES string of the molecule is Cc1nc(CNC(=O)C2COc3ccccc3C2)cs1. The van der Waals surface area contributed by atoms with Gasteiger partial charge in [-0.3, -0.25) is 4.79 Å². The smallest absolute Gasteiger partial charge is 0.227 e. The molecule has 0 saturated heterocycles. The Bertz CT molecular complexity index is 624. The number of para-hydroxylation sites is 1. The highest BCUT2D eigenvalue weighted by atomic mass is 32.1. The minimum Gasteiger partial charge on any atom is -0.492 e. The van der Waals surface area contributed by atoms with Crippen LogP contribution in [0.15, 0.2) is 29.6 Å². The van der Waals surface area contributed by atoms with Crippen LogP contribution in [0.4, 0.5) is 0 Å². The van der Waals surface area contributed by atoms with Gasteiger partial charge in [0, 0.05) is 5.38 Å². The Hall–Kier alpha value is -1.88. The number of nitrogens with one attached hydrogen (secondary N) is 1. The quantitative estimate of drug-likeness (QED) is 0.943. The molecule has 1 amide bonds. The molecule has 1 aromatic heterocycles. The van der Waals surface area contributed by atoms with E-state index in [0.717, 1.165) is 28.4 Å². The summed E-state index contributed by atoms with van der Waals surface area (Å²) in [5.74, 6) is 0.807. The monoisotopic (exact) mass is 288 g/mol. The molecule has 1 aromatic carbocycles. The minimum absolute atomic E-state index is 0.0326. The highest BCUT2D eigenvalue weighted by Crippen LogP contribution is 2.26. The first-order valence-electron chi connectivity index (χ1n) is 6.62. The van der Waals surface area contributed by atoms with Gasteiger partial charge < -0.3 is 10.1 Å². The Morgan fingerprint density at radius 1 is 1.50 bits per heavy atom. The van der Waals surface area contributed by atoms with Crippen LogP contribution in [0.5, 0.6) is 5.75 Å². The predicted molar refractivity (Wildman–Crippen MR) is 77.8 cm³/mol. The number of carbonyl (C=O) groups is 1. The molecule has 0 fully saturated rings. The number of hydrogen-bond acceptors (Lipinski definition) is 4. The topological polar surface area (TPSA) is 51.2 Å². The van der Waals surface area contributed by atoms with Crippen molar-refractivity contribution in [1.29, 1.82) is 0 Å². The van der Waals surface area contributed by atoms with Crippen molar-refractivity contribution in [2.75, 3.05) is 6.61 Å². The van der Waals surface area contributed by atoms with Crippen molar-refractivity contribution in [3.8, 4) is 5.75 Å². The minimum atomic E-state index is -0.121. The number of aryl methyl sites for hydroxylation is 1. The van der Waals surface area contributed by atoms with Crippen LogP contribution in [-0.2, 0) is 17.8 Å². The first kappa shape index (κ1) is 13.1. The summed E-state index contributed by atoms with van der Waals surface area (Å²) in [4.78, 5) is 16.5. The fraction of sp³-hybridized carbons (Fsp3) is 0.333. The highest BCUT2D eigenvalue weighted by molar-refractivity contribution is 7.09. The predicted octanol–water partition coefficient (Wildman–Crippen LogP) is 2.32. The van der Waals surface area contributed by atoms with E-state index in [-0.39, 0.29) is 11.8 Å². The molecule has 3 rings (SSSR count). The van der Waals surface area contributed by atoms with Crippen LogP contribution in [0.2, 0.25) is 0 Å². The summed E-state index contributed by atoms with van der Waals surface area (Å²) in [7, 11) is 0. The summed E-state index contributed by atoms with van der Waals surface area (Å²) in [6.45, 7) is 2.89. The van der Waals surface area contributed by atoms with Gasteiger partial charge in [-0.05, 0) is 25.0 Å². The van der Waals surface area contributed by atoms with E-state index in [1.807, 2.05) is 36.6 Å². The molecule has 1 aliphatic heterocycles. The van der Waals surface area contributed by atoms with E-state index in [1.165, 1.54) is 0 Å². The molecule has 0 aliphatic carbocycles. The van der Waals surface area contributed by atoms with E-state index < -0.39 is 0 Å². The number of hydrogen-bond donors (Lipinski definition) is 1. The van der Waals surface area contributed by atoms with E-state index in [4.69, 9.17) is 4.74 Å². The lowest BCUT2D eigenvalue weighted by molar-refractivity contribution is -0.126. The zero-order chi connectivity index (χ0) is 13.9. The number of ether oxygens (including phenoxy) is 1. The molecule has 2 aromatic rings. The molecule has 2 heterocycles. The zero-order valence-electron chi connectivity index (χ0n) is 11.3. The van der Waals surface area contributed by atoms with E-state index in [0.29, 0.717) is 13.2 Å². The fourth-order valence-corrected chi connectivity index (χ4v) is 2.92. The van der Waals surface area contributed by atoms with Crippen LogP contribution in [0.3, 0.4) is 0 Å². The Morgan fingerprint density at radius 3 is 3.15 bits per heavy atom. The Kier molecular flexibility index (Phi) is 3.69. The molecule has 20 heavy (non-hydrogen) atoms. The molecule has 5 heteroatoms. The number of nitrogens with zero attached hydrogens (tertiary/aromatic N) is 1. The van der Waals surface area contributed by atoms with Crippen molar-refractivity contribution < 1.29 is 9.53 Å². The van der Waals surface area contributed by atoms with Crippen molar-refractivity contribution >= 4 is 17.2 Å². The van der Waals surface area contributed by atoms with Crippen LogP contribution < -0.4 is 10.1 Å². The third-order valence-electron chi connectivity index (χ3n) is 3.36. The summed E-state index contributed by atoms with van der Waals surface area (Å²) < 4.78 is 5.64. The number of fused-ring (bicyclic) bond motifs is 1. The lowest BCUT2D eigenvalue weighted by Crippen LogP contribution is -2.37. The summed E-state index contributed by atoms with van der Waals surface area (Å²) in [6, 6.07) is 7.88. The van der Waals surface area contributed by atoms with Gasteiger partial charge in [0.1, 0.15) is 12.4 Å². The van der Waals surface area contributed by atoms with E-state index >= 15 is 0 Å². The van der Waals surface area contributed by atoms with E-state index in [9.17, 15) is 4.79 Å². The van der Waals surface area contributed by atoms with Gasteiger partial charge in [-0.15, -0.1) is 11.3 Å². The summed E-state index contributed by atoms with van der Waals surface area (Å²) >= 11 is 1.60. The van der Waals surface area contributed by atoms with Crippen molar-refractivity contribution in [3.63, 3.8) is 0 Å². The normalized spacial score (nSPS) is 17.1. The highest BCUT2D eigenvalue weighted by Gasteiger charge is 2.25. The molecule has 4 nitrogen and oxygen atoms in total. The van der Waals surface area contributed by atoms with Gasteiger partial charge in [0.15, 0.2) is 0 Å². The average Bonchev–Trinajstić information content (AvgIpc) is 2.90. The number of aromatic nitrogens is 1. The molecule has 0 spiro atoms. The maximum atomic E-state index is 12.2. The number of amides is 1. The third kappa shape index (κ3) is 2.82. The second kappa shape index (κ2) is 5.63. The first-order valence-corrected chi connectivity index (χ1v) is 7.50. The van der Waals surface area contributed by atoms with Gasteiger partial charge in [0.05, 0.1) is 23.2 Å². The molecule has 0 saturated carbocycles. The Labute approximate surface area is 121 Å². The fourth-order valence-electron chi connectivity index (χ4n) is 2.31. The third-order valence-corrected chi connectivity index (χ3v) is 4.18. The van der Waals surface area contributed by atoms with Gasteiger partial charge in [-0.2, -0.15) is 0 Å². The summed E-state index contributed by atoms with van der Waals surface area (Å²) in [5.41, 5.74) is 2.02. The number of rotatable bonds is 3. The Balaban J connectivity index is 1.59. The van der Waals surface area contributed by atoms with Crippen LogP contribution in [0.25, 0.3) is 0 Å². The van der Waals surface area contributed by atoms with Crippen molar-refractivity contribution in [2.24, 2.45) is 5.92 Å². The molecule has 1 aliphatic rings. The largest absolute Gasteiger partial charge is 0.492 e. The molecular formula is C15H16N2O2S. The summed E-state index contributed by atoms with van der Waals surface area (Å²) in [6.07, 6.45) is 0.734. The van der Waals surface area contributed by atoms with E-state index in [1.54, 1.807) is 11.3 Å². The van der Waals surface area contributed by atoms with Gasteiger partial charge in [-0.25, -0.2) is 4.98 Å². The van der Waals surface area contributed by atoms with Gasteiger partial charge >= 0.3 is 0 Å². The number of carbonyl (C=O) groups excluding carboxylic acids is 1. The zero-order valence-corrected chi connectivity index (χ0v) is 12.1. The lowest BCUT2D eigenvalue weighted by atomic mass is 9.96. The van der Waals surface area contributed by atoms with Gasteiger partial charge in [0.25, 0.3) is 0 Å². The molecule has 1 atom stereocenters. The van der Waals surface area contributed by atoms with Crippen molar-refractivity contribution in [3.05, 3.63) is 45.9 Å². The van der Waals surface area contributed by atoms with E-state index in [2.05, 4.69) is 10.3 Å². The second-order valence-corrected chi connectivity index (χ2v) is 5.96. The Morgan fingerprint density at radius 2 is 2.35 bits per heavy atom. The molecule has 0 bridgehead atoms. The molecule has 1 N–H and O–H groups in total. The standard InChI is InChI=1S/C15H16N2O2S/c1-10-17-13(9-20-10)7-16-15(18)12-6-11-4-2-3-5-14(11)19-8-12/h2-5,9,12H,6-8H2,1H3,(H,16,18). The second-order valence-electron chi connectivity index (χ2n) is 4.90. The summed E-state index contributed by atoms with van der Waals surface area (Å²) in [5, 5.41) is 5.93. The lowest BCUT2D eigenvalue weighted by Gasteiger charge is -2.24. The first-order chi connectivity index (χ1) is 9.72. The number of thiazole rings is 1. The van der Waals surface area contributed by atoms with Crippen LogP contribution in [0, 0.1) is 12.8 Å². The van der Waals surface area contributed by atoms with Crippen LogP contribution in [0.1, 0.15) is 16.3 Å². The maximum absolute atomic E-state index is 12.2. The van der Waals surface area contributed by atoms with Crippen molar-refractivity contribution in [1.82, 2.24) is 10.3 Å².